The Labute approximate surface area is 270 Å². The monoisotopic (exact) mass is 660 g/mol. The summed E-state index contributed by atoms with van der Waals surface area (Å²) in [5.74, 6) is -1.35. The molecule has 2 heterocycles. The Balaban J connectivity index is 1.10. The molecule has 6 fully saturated rings. The first-order chi connectivity index (χ1) is 21.5. The number of ether oxygens (including phenoxy) is 3. The summed E-state index contributed by atoms with van der Waals surface area (Å²) in [6, 6.07) is 0. The zero-order valence-corrected chi connectivity index (χ0v) is 27.3. The SMILES string of the molecule is C[C@@H](CC[C@@]1(O)O[C@H]2C[C@H]3[C@@H]4CC[C@]5(O)[C@@H](O)[C@@H](O)[C@@H](O)[C@@H](O)[C@]5(C)[C@H]4CC[C@]3(C)[C@H]2[C@@H]1C)CO[C@@H]1O[C@H](CO)[C@@H](O)[C@H](O)[C@H]1O. The molecule has 0 spiro atoms. The van der Waals surface area contributed by atoms with Crippen molar-refractivity contribution in [1.82, 2.24) is 0 Å². The Morgan fingerprint density at radius 1 is 0.848 bits per heavy atom. The number of aliphatic hydroxyl groups is 10. The van der Waals surface area contributed by atoms with E-state index in [0.717, 1.165) is 12.8 Å². The molecule has 0 aromatic rings. The van der Waals surface area contributed by atoms with Crippen molar-refractivity contribution in [1.29, 1.82) is 0 Å². The molecular formula is C33H56O13. The van der Waals surface area contributed by atoms with Crippen LogP contribution in [0, 0.1) is 46.3 Å². The third-order valence-corrected chi connectivity index (χ3v) is 14.2. The number of hydrogen-bond acceptors (Lipinski definition) is 13. The number of aliphatic hydroxyl groups excluding tert-OH is 8. The second-order valence-electron chi connectivity index (χ2n) is 16.3. The van der Waals surface area contributed by atoms with E-state index in [1.807, 2.05) is 13.8 Å². The minimum Gasteiger partial charge on any atom is -0.394 e. The van der Waals surface area contributed by atoms with Gasteiger partial charge >= 0.3 is 0 Å². The Bertz CT molecular complexity index is 1110. The normalized spacial score (nSPS) is 59.0. The van der Waals surface area contributed by atoms with Crippen LogP contribution in [0.1, 0.15) is 72.6 Å². The van der Waals surface area contributed by atoms with E-state index in [0.29, 0.717) is 25.7 Å². The number of fused-ring (bicyclic) bond motifs is 7. The van der Waals surface area contributed by atoms with Gasteiger partial charge in [-0.3, -0.25) is 0 Å². The third kappa shape index (κ3) is 4.90. The van der Waals surface area contributed by atoms with Crippen molar-refractivity contribution < 1.29 is 65.3 Å². The van der Waals surface area contributed by atoms with Gasteiger partial charge in [-0.1, -0.05) is 27.7 Å². The van der Waals surface area contributed by atoms with E-state index in [1.54, 1.807) is 6.92 Å². The largest absolute Gasteiger partial charge is 0.394 e. The fourth-order valence-electron chi connectivity index (χ4n) is 11.3. The molecular weight excluding hydrogens is 604 g/mol. The summed E-state index contributed by atoms with van der Waals surface area (Å²) >= 11 is 0. The average Bonchev–Trinajstić information content (AvgIpc) is 3.46. The van der Waals surface area contributed by atoms with Crippen LogP contribution in [0.2, 0.25) is 0 Å². The number of rotatable bonds is 7. The average molecular weight is 661 g/mol. The Morgan fingerprint density at radius 2 is 1.52 bits per heavy atom. The van der Waals surface area contributed by atoms with Crippen LogP contribution in [-0.4, -0.2) is 137 Å². The molecule has 0 aromatic heterocycles. The minimum atomic E-state index is -1.72. The van der Waals surface area contributed by atoms with E-state index < -0.39 is 78.5 Å². The second kappa shape index (κ2) is 12.1. The number of hydrogen-bond donors (Lipinski definition) is 10. The van der Waals surface area contributed by atoms with Crippen molar-refractivity contribution in [2.75, 3.05) is 13.2 Å². The third-order valence-electron chi connectivity index (χ3n) is 14.2. The molecule has 46 heavy (non-hydrogen) atoms. The lowest BCUT2D eigenvalue weighted by molar-refractivity contribution is -0.324. The molecule has 0 unspecified atom stereocenters. The topological polar surface area (TPSA) is 230 Å². The highest BCUT2D eigenvalue weighted by molar-refractivity contribution is 5.22. The van der Waals surface area contributed by atoms with E-state index in [4.69, 9.17) is 14.2 Å². The summed E-state index contributed by atoms with van der Waals surface area (Å²) in [6.07, 6.45) is -9.09. The molecule has 2 aliphatic heterocycles. The van der Waals surface area contributed by atoms with Crippen molar-refractivity contribution in [3.05, 3.63) is 0 Å². The molecule has 13 nitrogen and oxygen atoms in total. The molecule has 20 atom stereocenters. The lowest BCUT2D eigenvalue weighted by atomic mass is 9.41. The maximum Gasteiger partial charge on any atom is 0.186 e. The maximum atomic E-state index is 11.8. The van der Waals surface area contributed by atoms with Gasteiger partial charge in [-0.2, -0.15) is 0 Å². The van der Waals surface area contributed by atoms with E-state index in [2.05, 4.69) is 6.92 Å². The van der Waals surface area contributed by atoms with Crippen LogP contribution in [0.5, 0.6) is 0 Å². The maximum absolute atomic E-state index is 11.8. The zero-order chi connectivity index (χ0) is 33.7. The molecule has 6 aliphatic rings. The fourth-order valence-corrected chi connectivity index (χ4v) is 11.3. The summed E-state index contributed by atoms with van der Waals surface area (Å²) in [4.78, 5) is 0. The lowest BCUT2D eigenvalue weighted by Crippen LogP contribution is -2.77. The molecule has 6 rings (SSSR count). The van der Waals surface area contributed by atoms with Crippen LogP contribution < -0.4 is 0 Å². The van der Waals surface area contributed by atoms with Crippen molar-refractivity contribution in [2.24, 2.45) is 46.3 Å². The predicted molar refractivity (Wildman–Crippen MR) is 159 cm³/mol. The predicted octanol–water partition coefficient (Wildman–Crippen LogP) is -1.40. The van der Waals surface area contributed by atoms with Gasteiger partial charge in [0.1, 0.15) is 48.3 Å². The molecule has 4 aliphatic carbocycles. The summed E-state index contributed by atoms with van der Waals surface area (Å²) in [6.45, 7) is 7.62. The highest BCUT2D eigenvalue weighted by Crippen LogP contribution is 2.71. The van der Waals surface area contributed by atoms with Gasteiger partial charge in [0.25, 0.3) is 0 Å². The first kappa shape index (κ1) is 35.3. The summed E-state index contributed by atoms with van der Waals surface area (Å²) in [7, 11) is 0. The van der Waals surface area contributed by atoms with Gasteiger partial charge in [-0.25, -0.2) is 0 Å². The van der Waals surface area contributed by atoms with E-state index in [-0.39, 0.29) is 60.1 Å². The van der Waals surface area contributed by atoms with Gasteiger partial charge in [0.15, 0.2) is 12.1 Å². The van der Waals surface area contributed by atoms with Crippen LogP contribution in [0.15, 0.2) is 0 Å². The van der Waals surface area contributed by atoms with Crippen LogP contribution in [0.3, 0.4) is 0 Å². The van der Waals surface area contributed by atoms with Gasteiger partial charge in [0.2, 0.25) is 0 Å². The van der Waals surface area contributed by atoms with Gasteiger partial charge in [-0.05, 0) is 73.5 Å². The van der Waals surface area contributed by atoms with E-state index in [1.165, 1.54) is 0 Å². The van der Waals surface area contributed by atoms with E-state index in [9.17, 15) is 51.1 Å². The van der Waals surface area contributed by atoms with Crippen LogP contribution in [0.25, 0.3) is 0 Å². The summed E-state index contributed by atoms with van der Waals surface area (Å²) in [5, 5.41) is 107. The molecule has 0 bridgehead atoms. The van der Waals surface area contributed by atoms with Crippen LogP contribution in [0.4, 0.5) is 0 Å². The molecule has 4 saturated carbocycles. The molecule has 0 radical (unpaired) electrons. The first-order valence-corrected chi connectivity index (χ1v) is 17.2. The summed E-state index contributed by atoms with van der Waals surface area (Å²) in [5.41, 5.74) is -3.08. The molecule has 0 aromatic carbocycles. The van der Waals surface area contributed by atoms with Gasteiger partial charge in [0, 0.05) is 17.8 Å². The molecule has 266 valence electrons. The van der Waals surface area contributed by atoms with Crippen molar-refractivity contribution >= 4 is 0 Å². The lowest BCUT2D eigenvalue weighted by Gasteiger charge is -2.67. The Morgan fingerprint density at radius 3 is 2.20 bits per heavy atom. The fraction of sp³-hybridized carbons (Fsp3) is 1.00. The summed E-state index contributed by atoms with van der Waals surface area (Å²) < 4.78 is 17.7. The highest BCUT2D eigenvalue weighted by Gasteiger charge is 2.74. The van der Waals surface area contributed by atoms with E-state index >= 15 is 0 Å². The quantitative estimate of drug-likeness (QED) is 0.152. The first-order valence-electron chi connectivity index (χ1n) is 17.2. The van der Waals surface area contributed by atoms with Gasteiger partial charge < -0.3 is 65.3 Å². The zero-order valence-electron chi connectivity index (χ0n) is 27.3. The van der Waals surface area contributed by atoms with Gasteiger partial charge in [-0.15, -0.1) is 0 Å². The van der Waals surface area contributed by atoms with Crippen molar-refractivity contribution in [3.8, 4) is 0 Å². The smallest absolute Gasteiger partial charge is 0.186 e. The molecule has 2 saturated heterocycles. The Hall–Kier alpha value is -0.520. The van der Waals surface area contributed by atoms with Crippen molar-refractivity contribution in [2.45, 2.75) is 145 Å². The van der Waals surface area contributed by atoms with Crippen LogP contribution in [-0.2, 0) is 14.2 Å². The Kier molecular flexibility index (Phi) is 9.26. The molecule has 10 N–H and O–H groups in total. The van der Waals surface area contributed by atoms with Gasteiger partial charge in [0.05, 0.1) is 25.4 Å². The second-order valence-corrected chi connectivity index (χ2v) is 16.3. The van der Waals surface area contributed by atoms with Crippen molar-refractivity contribution in [3.63, 3.8) is 0 Å². The molecule has 13 heteroatoms. The minimum absolute atomic E-state index is 0.0701. The highest BCUT2D eigenvalue weighted by atomic mass is 16.7. The molecule has 0 amide bonds. The van der Waals surface area contributed by atoms with Crippen LogP contribution >= 0.6 is 0 Å². The standard InChI is InChI=1S/C33H56O13/c1-14(13-44-29-26(39)23(36)22(35)20(12-34)45-29)5-10-33(43)15(2)21-19(46-33)11-18-16-6-9-32(42)28(41)25(38)24(37)27(40)31(32,4)17(16)7-8-30(18,21)3/h14-29,34-43H,5-13H2,1-4H3/t14-,15-,16+,17-,18-,19-,20+,21-,22+,23-,24+,25-,26+,27+,28-,29+,30-,31-,32-,33+/m0/s1.